The van der Waals surface area contributed by atoms with Crippen LogP contribution in [0.3, 0.4) is 0 Å². The van der Waals surface area contributed by atoms with Gasteiger partial charge >= 0.3 is 0 Å². The second-order valence-electron chi connectivity index (χ2n) is 4.80. The van der Waals surface area contributed by atoms with Crippen molar-refractivity contribution < 1.29 is 9.45 Å². The standard InChI is InChI=1S/C14H18N4O3/c1-3-5-11(15-2)9-13-16-14(17-21-13)10-6-4-7-12(8-10)18(19)20/h4,6-8,11,15H,3,5,9H2,1-2H3. The molecule has 1 aromatic heterocycles. The Labute approximate surface area is 122 Å². The molecular weight excluding hydrogens is 272 g/mol. The van der Waals surface area contributed by atoms with Crippen molar-refractivity contribution in [2.75, 3.05) is 7.05 Å². The molecule has 0 saturated heterocycles. The van der Waals surface area contributed by atoms with Crippen LogP contribution in [0, 0.1) is 10.1 Å². The summed E-state index contributed by atoms with van der Waals surface area (Å²) < 4.78 is 5.23. The summed E-state index contributed by atoms with van der Waals surface area (Å²) in [4.78, 5) is 14.6. The highest BCUT2D eigenvalue weighted by molar-refractivity contribution is 5.58. The summed E-state index contributed by atoms with van der Waals surface area (Å²) in [7, 11) is 1.90. The predicted octanol–water partition coefficient (Wildman–Crippen LogP) is 2.58. The van der Waals surface area contributed by atoms with Crippen LogP contribution in [-0.4, -0.2) is 28.2 Å². The highest BCUT2D eigenvalue weighted by Gasteiger charge is 2.15. The molecule has 1 heterocycles. The quantitative estimate of drug-likeness (QED) is 0.622. The van der Waals surface area contributed by atoms with E-state index in [1.807, 2.05) is 7.05 Å². The van der Waals surface area contributed by atoms with Gasteiger partial charge in [-0.05, 0) is 13.5 Å². The number of aromatic nitrogens is 2. The maximum absolute atomic E-state index is 10.8. The van der Waals surface area contributed by atoms with Crippen LogP contribution in [0.5, 0.6) is 0 Å². The first-order valence-electron chi connectivity index (χ1n) is 6.88. The van der Waals surface area contributed by atoms with Crippen molar-refractivity contribution in [1.29, 1.82) is 0 Å². The summed E-state index contributed by atoms with van der Waals surface area (Å²) in [5, 5.41) is 17.9. The van der Waals surface area contributed by atoms with Crippen LogP contribution in [0.15, 0.2) is 28.8 Å². The van der Waals surface area contributed by atoms with Crippen LogP contribution in [0.2, 0.25) is 0 Å². The Hall–Kier alpha value is -2.28. The summed E-state index contributed by atoms with van der Waals surface area (Å²) in [6.45, 7) is 2.12. The van der Waals surface area contributed by atoms with E-state index in [1.165, 1.54) is 12.1 Å². The van der Waals surface area contributed by atoms with Gasteiger partial charge in [-0.1, -0.05) is 30.6 Å². The number of rotatable bonds is 7. The van der Waals surface area contributed by atoms with Gasteiger partial charge in [-0.2, -0.15) is 4.98 Å². The van der Waals surface area contributed by atoms with Crippen molar-refractivity contribution in [3.8, 4) is 11.4 Å². The van der Waals surface area contributed by atoms with E-state index < -0.39 is 4.92 Å². The number of nitro benzene ring substituents is 1. The maximum atomic E-state index is 10.8. The van der Waals surface area contributed by atoms with Gasteiger partial charge in [0.25, 0.3) is 5.69 Å². The first kappa shape index (κ1) is 15.1. The van der Waals surface area contributed by atoms with E-state index in [0.29, 0.717) is 23.7 Å². The van der Waals surface area contributed by atoms with Crippen LogP contribution in [0.1, 0.15) is 25.7 Å². The molecule has 1 unspecified atom stereocenters. The lowest BCUT2D eigenvalue weighted by Gasteiger charge is -2.11. The molecule has 0 bridgehead atoms. The number of hydrogen-bond acceptors (Lipinski definition) is 6. The molecule has 2 rings (SSSR count). The Balaban J connectivity index is 2.16. The molecule has 1 aromatic carbocycles. The monoisotopic (exact) mass is 290 g/mol. The number of nitrogens with zero attached hydrogens (tertiary/aromatic N) is 3. The molecular formula is C14H18N4O3. The summed E-state index contributed by atoms with van der Waals surface area (Å²) in [6.07, 6.45) is 2.73. The maximum Gasteiger partial charge on any atom is 0.270 e. The fourth-order valence-corrected chi connectivity index (χ4v) is 2.12. The Kier molecular flexibility index (Phi) is 4.99. The molecule has 2 aromatic rings. The van der Waals surface area contributed by atoms with E-state index in [4.69, 9.17) is 4.52 Å². The van der Waals surface area contributed by atoms with Gasteiger partial charge in [-0.15, -0.1) is 0 Å². The zero-order valence-corrected chi connectivity index (χ0v) is 12.1. The largest absolute Gasteiger partial charge is 0.339 e. The lowest BCUT2D eigenvalue weighted by atomic mass is 10.1. The zero-order valence-electron chi connectivity index (χ0n) is 12.1. The number of likely N-dealkylation sites (N-methyl/N-ethyl adjacent to an activating group) is 1. The van der Waals surface area contributed by atoms with E-state index in [-0.39, 0.29) is 11.7 Å². The van der Waals surface area contributed by atoms with Crippen molar-refractivity contribution in [2.45, 2.75) is 32.2 Å². The minimum absolute atomic E-state index is 0.0120. The minimum Gasteiger partial charge on any atom is -0.339 e. The molecule has 0 amide bonds. The molecule has 7 nitrogen and oxygen atoms in total. The molecule has 1 atom stereocenters. The SMILES string of the molecule is CCCC(Cc1nc(-c2cccc([N+](=O)[O-])c2)no1)NC. The van der Waals surface area contributed by atoms with E-state index in [0.717, 1.165) is 12.8 Å². The Morgan fingerprint density at radius 3 is 2.95 bits per heavy atom. The van der Waals surface area contributed by atoms with Gasteiger partial charge in [0.15, 0.2) is 0 Å². The minimum atomic E-state index is -0.442. The van der Waals surface area contributed by atoms with Crippen LogP contribution in [0.25, 0.3) is 11.4 Å². The number of hydrogen-bond donors (Lipinski definition) is 1. The van der Waals surface area contributed by atoms with Gasteiger partial charge in [0.05, 0.1) is 4.92 Å². The van der Waals surface area contributed by atoms with E-state index in [9.17, 15) is 10.1 Å². The van der Waals surface area contributed by atoms with Crippen molar-refractivity contribution in [3.63, 3.8) is 0 Å². The van der Waals surface area contributed by atoms with Crippen LogP contribution >= 0.6 is 0 Å². The second kappa shape index (κ2) is 6.94. The molecule has 0 aliphatic carbocycles. The molecule has 0 radical (unpaired) electrons. The average molecular weight is 290 g/mol. The van der Waals surface area contributed by atoms with Crippen molar-refractivity contribution in [1.82, 2.24) is 15.5 Å². The summed E-state index contributed by atoms with van der Waals surface area (Å²) >= 11 is 0. The van der Waals surface area contributed by atoms with Gasteiger partial charge in [0.1, 0.15) is 0 Å². The normalized spacial score (nSPS) is 12.3. The third-order valence-electron chi connectivity index (χ3n) is 3.25. The average Bonchev–Trinajstić information content (AvgIpc) is 2.95. The fraction of sp³-hybridized carbons (Fsp3) is 0.429. The molecule has 0 aliphatic rings. The lowest BCUT2D eigenvalue weighted by molar-refractivity contribution is -0.384. The van der Waals surface area contributed by atoms with Gasteiger partial charge < -0.3 is 9.84 Å². The Morgan fingerprint density at radius 2 is 2.29 bits per heavy atom. The number of non-ortho nitro benzene ring substituents is 1. The Bertz CT molecular complexity index is 612. The molecule has 1 N–H and O–H groups in total. The first-order valence-corrected chi connectivity index (χ1v) is 6.88. The number of benzene rings is 1. The first-order chi connectivity index (χ1) is 10.1. The van der Waals surface area contributed by atoms with E-state index in [2.05, 4.69) is 22.4 Å². The Morgan fingerprint density at radius 1 is 1.48 bits per heavy atom. The van der Waals surface area contributed by atoms with Gasteiger partial charge in [-0.3, -0.25) is 10.1 Å². The van der Waals surface area contributed by atoms with Gasteiger partial charge in [-0.25, -0.2) is 0 Å². The molecule has 0 saturated carbocycles. The highest BCUT2D eigenvalue weighted by Crippen LogP contribution is 2.21. The van der Waals surface area contributed by atoms with Gasteiger partial charge in [0.2, 0.25) is 11.7 Å². The fourth-order valence-electron chi connectivity index (χ4n) is 2.12. The highest BCUT2D eigenvalue weighted by atomic mass is 16.6. The third-order valence-corrected chi connectivity index (χ3v) is 3.25. The van der Waals surface area contributed by atoms with E-state index in [1.54, 1.807) is 12.1 Å². The smallest absolute Gasteiger partial charge is 0.270 e. The summed E-state index contributed by atoms with van der Waals surface area (Å²) in [5.41, 5.74) is 0.591. The summed E-state index contributed by atoms with van der Waals surface area (Å²) in [6, 6.07) is 6.49. The molecule has 0 fully saturated rings. The zero-order chi connectivity index (χ0) is 15.2. The number of nitro groups is 1. The molecule has 7 heteroatoms. The topological polar surface area (TPSA) is 94.1 Å². The van der Waals surface area contributed by atoms with Crippen LogP contribution in [0.4, 0.5) is 5.69 Å². The van der Waals surface area contributed by atoms with Crippen LogP contribution < -0.4 is 5.32 Å². The second-order valence-corrected chi connectivity index (χ2v) is 4.80. The molecule has 21 heavy (non-hydrogen) atoms. The van der Waals surface area contributed by atoms with Crippen LogP contribution in [-0.2, 0) is 6.42 Å². The summed E-state index contributed by atoms with van der Waals surface area (Å²) in [5.74, 6) is 0.907. The molecule has 0 aliphatic heterocycles. The predicted molar refractivity (Wildman–Crippen MR) is 77.8 cm³/mol. The molecule has 0 spiro atoms. The third kappa shape index (κ3) is 3.85. The van der Waals surface area contributed by atoms with Crippen molar-refractivity contribution in [2.24, 2.45) is 0 Å². The van der Waals surface area contributed by atoms with Crippen molar-refractivity contribution in [3.05, 3.63) is 40.3 Å². The lowest BCUT2D eigenvalue weighted by Crippen LogP contribution is -2.27. The molecule has 112 valence electrons. The number of nitrogens with one attached hydrogen (secondary N) is 1. The van der Waals surface area contributed by atoms with Gasteiger partial charge in [0, 0.05) is 30.2 Å². The van der Waals surface area contributed by atoms with Crippen molar-refractivity contribution >= 4 is 5.69 Å². The van der Waals surface area contributed by atoms with E-state index >= 15 is 0 Å².